The number of methoxy groups -OCH3 is 3. The Morgan fingerprint density at radius 2 is 0.878 bits per heavy atom. The standard InChI is InChI=1S/C33H46BO3.C11H12N/c1-5-6-7-8-9-10-11-12-13-14-27-34(28-15-21-31(35-2)22-16-28,29-17-23-32(36-3)24-18-29)30-19-25-33(37-4)26-20-30;1-2-12-9-5-7-10-6-3-4-8-11(10)12/h15-26H,5-14,27H2,1-4H3;3-9H,2H2,1H3/q-1;+1. The number of ether oxygens (including phenoxy) is 3. The maximum Gasteiger partial charge on any atom is 0.212 e. The number of hydrogen-bond donors (Lipinski definition) is 0. The minimum absolute atomic E-state index is 0.886. The van der Waals surface area contributed by atoms with E-state index in [0.717, 1.165) is 30.1 Å². The smallest absolute Gasteiger partial charge is 0.212 e. The minimum Gasteiger partial charge on any atom is -0.497 e. The fraction of sp³-hybridized carbons (Fsp3) is 0.386. The molecule has 0 bridgehead atoms. The summed E-state index contributed by atoms with van der Waals surface area (Å²) in [6.45, 7) is 5.47. The van der Waals surface area contributed by atoms with Gasteiger partial charge in [0.2, 0.25) is 5.52 Å². The Labute approximate surface area is 296 Å². The molecule has 0 N–H and O–H groups in total. The number of nitrogens with zero attached hydrogens (tertiary/aromatic N) is 1. The second kappa shape index (κ2) is 20.3. The molecule has 0 saturated carbocycles. The van der Waals surface area contributed by atoms with E-state index in [1.54, 1.807) is 21.3 Å². The highest BCUT2D eigenvalue weighted by atomic mass is 16.5. The van der Waals surface area contributed by atoms with E-state index in [9.17, 15) is 0 Å². The van der Waals surface area contributed by atoms with Crippen molar-refractivity contribution >= 4 is 33.4 Å². The highest BCUT2D eigenvalue weighted by molar-refractivity contribution is 7.11. The molecule has 0 fully saturated rings. The van der Waals surface area contributed by atoms with E-state index in [1.165, 1.54) is 91.5 Å². The predicted octanol–water partition coefficient (Wildman–Crippen LogP) is 9.25. The van der Waals surface area contributed by atoms with Crippen molar-refractivity contribution in [2.24, 2.45) is 0 Å². The van der Waals surface area contributed by atoms with E-state index in [-0.39, 0.29) is 0 Å². The van der Waals surface area contributed by atoms with Crippen molar-refractivity contribution in [3.8, 4) is 17.2 Å². The minimum atomic E-state index is -1.18. The van der Waals surface area contributed by atoms with Crippen molar-refractivity contribution < 1.29 is 18.8 Å². The van der Waals surface area contributed by atoms with Crippen LogP contribution in [0.5, 0.6) is 17.2 Å². The molecule has 4 aromatic carbocycles. The van der Waals surface area contributed by atoms with Gasteiger partial charge in [0.1, 0.15) is 23.8 Å². The molecule has 0 aliphatic heterocycles. The molecule has 4 nitrogen and oxygen atoms in total. The summed E-state index contributed by atoms with van der Waals surface area (Å²) in [5, 5.41) is 1.31. The first-order valence-corrected chi connectivity index (χ1v) is 18.6. The molecule has 0 radical (unpaired) electrons. The molecule has 260 valence electrons. The van der Waals surface area contributed by atoms with Gasteiger partial charge in [-0.1, -0.05) is 120 Å². The van der Waals surface area contributed by atoms with Crippen LogP contribution in [0.4, 0.5) is 0 Å². The zero-order valence-corrected chi connectivity index (χ0v) is 30.7. The summed E-state index contributed by atoms with van der Waals surface area (Å²) in [5.41, 5.74) is 5.33. The lowest BCUT2D eigenvalue weighted by molar-refractivity contribution is -0.667. The average molecular weight is 660 g/mol. The van der Waals surface area contributed by atoms with Gasteiger partial charge >= 0.3 is 0 Å². The van der Waals surface area contributed by atoms with Gasteiger partial charge in [-0.2, -0.15) is 27.3 Å². The fourth-order valence-electron chi connectivity index (χ4n) is 7.31. The first kappa shape index (κ1) is 37.6. The molecule has 5 rings (SSSR count). The molecule has 49 heavy (non-hydrogen) atoms. The first-order valence-electron chi connectivity index (χ1n) is 18.6. The van der Waals surface area contributed by atoms with Gasteiger partial charge in [-0.05, 0) is 55.5 Å². The van der Waals surface area contributed by atoms with E-state index < -0.39 is 6.15 Å². The largest absolute Gasteiger partial charge is 0.497 e. The van der Waals surface area contributed by atoms with Gasteiger partial charge in [0, 0.05) is 17.5 Å². The Kier molecular flexibility index (Phi) is 15.6. The number of pyridine rings is 1. The van der Waals surface area contributed by atoms with Crippen LogP contribution in [-0.2, 0) is 6.54 Å². The van der Waals surface area contributed by atoms with E-state index >= 15 is 0 Å². The van der Waals surface area contributed by atoms with Crippen molar-refractivity contribution in [3.63, 3.8) is 0 Å². The third kappa shape index (κ3) is 10.4. The van der Waals surface area contributed by atoms with E-state index in [1.807, 2.05) is 0 Å². The summed E-state index contributed by atoms with van der Waals surface area (Å²) < 4.78 is 18.7. The zero-order valence-electron chi connectivity index (χ0n) is 30.7. The summed E-state index contributed by atoms with van der Waals surface area (Å²) >= 11 is 0. The molecular weight excluding hydrogens is 601 g/mol. The Morgan fingerprint density at radius 1 is 0.469 bits per heavy atom. The molecular formula is C44H58BNO3. The monoisotopic (exact) mass is 659 g/mol. The van der Waals surface area contributed by atoms with E-state index in [2.05, 4.69) is 134 Å². The van der Waals surface area contributed by atoms with Crippen LogP contribution >= 0.6 is 0 Å². The molecule has 5 heteroatoms. The van der Waals surface area contributed by atoms with Crippen molar-refractivity contribution in [1.29, 1.82) is 0 Å². The Balaban J connectivity index is 0.000000375. The molecule has 1 heterocycles. The van der Waals surface area contributed by atoms with Gasteiger partial charge in [0.05, 0.1) is 27.5 Å². The molecule has 0 aliphatic rings. The van der Waals surface area contributed by atoms with Crippen LogP contribution in [0.2, 0.25) is 6.32 Å². The number of para-hydroxylation sites is 1. The lowest BCUT2D eigenvalue weighted by atomic mass is 9.14. The maximum absolute atomic E-state index is 5.49. The molecule has 1 aromatic heterocycles. The highest BCUT2D eigenvalue weighted by Gasteiger charge is 2.30. The van der Waals surface area contributed by atoms with Crippen LogP contribution in [-0.4, -0.2) is 27.5 Å². The predicted molar refractivity (Wildman–Crippen MR) is 210 cm³/mol. The SMILES string of the molecule is CCCCCCCCCCCC[B-](c1ccc(OC)cc1)(c1ccc(OC)cc1)c1ccc(OC)cc1.CC[n+]1cccc2ccccc21. The van der Waals surface area contributed by atoms with Crippen LogP contribution in [0.25, 0.3) is 10.9 Å². The number of aryl methyl sites for hydroxylation is 1. The molecule has 0 amide bonds. The van der Waals surface area contributed by atoms with Gasteiger partial charge in [-0.25, -0.2) is 0 Å². The van der Waals surface area contributed by atoms with Crippen LogP contribution < -0.4 is 35.2 Å². The summed E-state index contributed by atoms with van der Waals surface area (Å²) in [6, 6.07) is 38.8. The fourth-order valence-corrected chi connectivity index (χ4v) is 7.31. The Hall–Kier alpha value is -4.25. The number of aromatic nitrogens is 1. The van der Waals surface area contributed by atoms with Crippen molar-refractivity contribution in [2.45, 2.75) is 90.9 Å². The zero-order chi connectivity index (χ0) is 34.7. The van der Waals surface area contributed by atoms with Crippen molar-refractivity contribution in [3.05, 3.63) is 115 Å². The second-order valence-electron chi connectivity index (χ2n) is 13.2. The summed E-state index contributed by atoms with van der Waals surface area (Å²) in [4.78, 5) is 0. The topological polar surface area (TPSA) is 31.6 Å². The van der Waals surface area contributed by atoms with Crippen molar-refractivity contribution in [2.75, 3.05) is 21.3 Å². The molecule has 0 atom stereocenters. The van der Waals surface area contributed by atoms with E-state index in [4.69, 9.17) is 14.2 Å². The number of rotatable bonds is 18. The van der Waals surface area contributed by atoms with Gasteiger partial charge in [-0.15, -0.1) is 0 Å². The van der Waals surface area contributed by atoms with Gasteiger partial charge in [0.25, 0.3) is 0 Å². The number of fused-ring (bicyclic) bond motifs is 1. The van der Waals surface area contributed by atoms with Gasteiger partial charge in [0.15, 0.2) is 6.20 Å². The molecule has 0 aliphatic carbocycles. The van der Waals surface area contributed by atoms with Gasteiger partial charge in [-0.3, -0.25) is 0 Å². The average Bonchev–Trinajstić information content (AvgIpc) is 3.17. The summed E-state index contributed by atoms with van der Waals surface area (Å²) in [5.74, 6) is 2.66. The first-order chi connectivity index (χ1) is 24.1. The van der Waals surface area contributed by atoms with Crippen LogP contribution in [0, 0.1) is 0 Å². The molecule has 0 spiro atoms. The van der Waals surface area contributed by atoms with Crippen LogP contribution in [0.1, 0.15) is 78.1 Å². The summed E-state index contributed by atoms with van der Waals surface area (Å²) in [6.07, 6.45) is 15.4. The third-order valence-electron chi connectivity index (χ3n) is 10.2. The van der Waals surface area contributed by atoms with E-state index in [0.29, 0.717) is 0 Å². The Morgan fingerprint density at radius 3 is 1.31 bits per heavy atom. The quantitative estimate of drug-likeness (QED) is 0.0534. The van der Waals surface area contributed by atoms with Gasteiger partial charge < -0.3 is 14.2 Å². The molecule has 0 saturated heterocycles. The maximum atomic E-state index is 5.49. The highest BCUT2D eigenvalue weighted by Crippen LogP contribution is 2.22. The molecule has 0 unspecified atom stereocenters. The number of hydrogen-bond acceptors (Lipinski definition) is 3. The number of unbranched alkanes of at least 4 members (excludes halogenated alkanes) is 9. The third-order valence-corrected chi connectivity index (χ3v) is 10.2. The lowest BCUT2D eigenvalue weighted by Crippen LogP contribution is -2.66. The Bertz CT molecular complexity index is 1510. The second-order valence-corrected chi connectivity index (χ2v) is 13.2. The normalized spacial score (nSPS) is 11.1. The van der Waals surface area contributed by atoms with Crippen LogP contribution in [0.3, 0.4) is 0 Å². The lowest BCUT2D eigenvalue weighted by Gasteiger charge is -2.43. The van der Waals surface area contributed by atoms with Crippen molar-refractivity contribution in [1.82, 2.24) is 0 Å². The molecule has 5 aromatic rings. The number of benzene rings is 4. The summed E-state index contributed by atoms with van der Waals surface area (Å²) in [7, 11) is 5.18. The van der Waals surface area contributed by atoms with Crippen LogP contribution in [0.15, 0.2) is 115 Å².